The molecule has 0 saturated heterocycles. The number of carbonyl (C=O) groups is 1. The number of thiocarbonyl (C=S) groups is 1. The van der Waals surface area contributed by atoms with Crippen molar-refractivity contribution < 1.29 is 9.90 Å². The topological polar surface area (TPSA) is 61.7 Å². The van der Waals surface area contributed by atoms with Crippen LogP contribution in [0.15, 0.2) is 29.3 Å². The average molecular weight is 252 g/mol. The highest BCUT2D eigenvalue weighted by molar-refractivity contribution is 8.23. The van der Waals surface area contributed by atoms with E-state index in [0.29, 0.717) is 15.8 Å². The van der Waals surface area contributed by atoms with Gasteiger partial charge in [-0.3, -0.25) is 0 Å². The molecule has 0 atom stereocenters. The molecule has 2 rings (SSSR count). The van der Waals surface area contributed by atoms with Crippen molar-refractivity contribution in [3.05, 3.63) is 29.8 Å². The van der Waals surface area contributed by atoms with E-state index in [2.05, 4.69) is 10.3 Å². The van der Waals surface area contributed by atoms with E-state index in [0.717, 1.165) is 5.84 Å². The van der Waals surface area contributed by atoms with Crippen LogP contribution in [-0.2, 0) is 0 Å². The quantitative estimate of drug-likeness (QED) is 0.790. The zero-order valence-electron chi connectivity index (χ0n) is 8.14. The van der Waals surface area contributed by atoms with Gasteiger partial charge in [0, 0.05) is 5.69 Å². The second-order valence-electron chi connectivity index (χ2n) is 3.12. The Labute approximate surface area is 102 Å². The molecule has 82 valence electrons. The summed E-state index contributed by atoms with van der Waals surface area (Å²) < 4.78 is 0.608. The van der Waals surface area contributed by atoms with Crippen molar-refractivity contribution in [1.82, 2.24) is 0 Å². The molecule has 0 radical (unpaired) electrons. The van der Waals surface area contributed by atoms with Crippen molar-refractivity contribution in [3.63, 3.8) is 0 Å². The van der Waals surface area contributed by atoms with E-state index in [1.165, 1.54) is 11.8 Å². The monoisotopic (exact) mass is 252 g/mol. The van der Waals surface area contributed by atoms with Crippen molar-refractivity contribution in [2.45, 2.75) is 0 Å². The van der Waals surface area contributed by atoms with Crippen molar-refractivity contribution in [1.29, 1.82) is 0 Å². The number of nitrogens with one attached hydrogen (secondary N) is 1. The third-order valence-electron chi connectivity index (χ3n) is 1.96. The SMILES string of the molecule is O=C(O)c1cccc(NC2=NC(=S)SC2)c1. The fraction of sp³-hybridized carbons (Fsp3) is 0.100. The van der Waals surface area contributed by atoms with Crippen LogP contribution in [0.5, 0.6) is 0 Å². The Morgan fingerprint density at radius 1 is 1.56 bits per heavy atom. The smallest absolute Gasteiger partial charge is 0.335 e. The Morgan fingerprint density at radius 2 is 2.38 bits per heavy atom. The van der Waals surface area contributed by atoms with Gasteiger partial charge in [0.15, 0.2) is 4.32 Å². The molecule has 1 aromatic rings. The lowest BCUT2D eigenvalue weighted by Gasteiger charge is -2.05. The lowest BCUT2D eigenvalue weighted by Crippen LogP contribution is -2.12. The van der Waals surface area contributed by atoms with Crippen molar-refractivity contribution in [3.8, 4) is 0 Å². The Morgan fingerprint density at radius 3 is 3.00 bits per heavy atom. The van der Waals surface area contributed by atoms with Crippen molar-refractivity contribution in [2.75, 3.05) is 11.1 Å². The normalized spacial score (nSPS) is 14.8. The van der Waals surface area contributed by atoms with Crippen LogP contribution in [0.2, 0.25) is 0 Å². The number of hydrogen-bond acceptors (Lipinski definition) is 4. The minimum atomic E-state index is -0.943. The molecule has 2 N–H and O–H groups in total. The Balaban J connectivity index is 2.16. The zero-order chi connectivity index (χ0) is 11.5. The van der Waals surface area contributed by atoms with Gasteiger partial charge in [0.05, 0.1) is 11.3 Å². The summed E-state index contributed by atoms with van der Waals surface area (Å²) in [6.45, 7) is 0. The second-order valence-corrected chi connectivity index (χ2v) is 4.73. The van der Waals surface area contributed by atoms with Gasteiger partial charge in [-0.05, 0) is 18.2 Å². The van der Waals surface area contributed by atoms with Gasteiger partial charge in [-0.2, -0.15) is 0 Å². The second kappa shape index (κ2) is 4.63. The maximum absolute atomic E-state index is 10.8. The first-order valence-electron chi connectivity index (χ1n) is 4.50. The van der Waals surface area contributed by atoms with E-state index >= 15 is 0 Å². The van der Waals surface area contributed by atoms with E-state index in [9.17, 15) is 4.79 Å². The maximum Gasteiger partial charge on any atom is 0.335 e. The van der Waals surface area contributed by atoms with E-state index < -0.39 is 5.97 Å². The third-order valence-corrected chi connectivity index (χ3v) is 3.16. The zero-order valence-corrected chi connectivity index (χ0v) is 9.77. The number of amidine groups is 1. The molecule has 0 aliphatic carbocycles. The molecule has 0 aromatic heterocycles. The molecular formula is C10H8N2O2S2. The molecule has 0 bridgehead atoms. The van der Waals surface area contributed by atoms with E-state index in [1.54, 1.807) is 24.3 Å². The summed E-state index contributed by atoms with van der Waals surface area (Å²) in [5, 5.41) is 11.9. The minimum absolute atomic E-state index is 0.249. The number of carboxylic acid groups (broad SMARTS) is 1. The van der Waals surface area contributed by atoms with Crippen LogP contribution in [0.25, 0.3) is 0 Å². The molecule has 0 fully saturated rings. The van der Waals surface area contributed by atoms with Crippen molar-refractivity contribution >= 4 is 45.8 Å². The van der Waals surface area contributed by atoms with Crippen LogP contribution < -0.4 is 5.32 Å². The summed E-state index contributed by atoms with van der Waals surface area (Å²) in [6, 6.07) is 6.59. The molecular weight excluding hydrogens is 244 g/mol. The molecule has 4 nitrogen and oxygen atoms in total. The summed E-state index contributed by atoms with van der Waals surface area (Å²) in [5.74, 6) is 0.523. The lowest BCUT2D eigenvalue weighted by molar-refractivity contribution is 0.0697. The fourth-order valence-corrected chi connectivity index (χ4v) is 2.12. The molecule has 0 amide bonds. The largest absolute Gasteiger partial charge is 0.478 e. The highest BCUT2D eigenvalue weighted by atomic mass is 32.2. The number of aliphatic imine (C=N–C) groups is 1. The number of benzene rings is 1. The van der Waals surface area contributed by atoms with Gasteiger partial charge in [-0.25, -0.2) is 9.79 Å². The fourth-order valence-electron chi connectivity index (χ4n) is 1.27. The van der Waals surface area contributed by atoms with Crippen LogP contribution in [0.1, 0.15) is 10.4 Å². The summed E-state index contributed by atoms with van der Waals surface area (Å²) in [4.78, 5) is 14.9. The molecule has 0 saturated carbocycles. The number of rotatable bonds is 2. The van der Waals surface area contributed by atoms with Gasteiger partial charge in [-0.15, -0.1) is 0 Å². The highest BCUT2D eigenvalue weighted by Crippen LogP contribution is 2.17. The molecule has 1 aliphatic rings. The van der Waals surface area contributed by atoms with Gasteiger partial charge < -0.3 is 10.4 Å². The van der Waals surface area contributed by atoms with Gasteiger partial charge >= 0.3 is 5.97 Å². The third kappa shape index (κ3) is 2.59. The van der Waals surface area contributed by atoms with Gasteiger partial charge in [0.2, 0.25) is 0 Å². The van der Waals surface area contributed by atoms with E-state index in [1.807, 2.05) is 0 Å². The van der Waals surface area contributed by atoms with Gasteiger partial charge in [0.1, 0.15) is 5.84 Å². The molecule has 0 spiro atoms. The lowest BCUT2D eigenvalue weighted by atomic mass is 10.2. The first-order chi connectivity index (χ1) is 7.65. The standard InChI is InChI=1S/C10H8N2O2S2/c13-9(14)6-2-1-3-7(4-6)11-8-5-16-10(15)12-8/h1-4H,5H2,(H,13,14)(H,11,12,15). The minimum Gasteiger partial charge on any atom is -0.478 e. The molecule has 1 heterocycles. The average Bonchev–Trinajstić information content (AvgIpc) is 2.64. The van der Waals surface area contributed by atoms with Gasteiger partial charge in [0.25, 0.3) is 0 Å². The predicted molar refractivity (Wildman–Crippen MR) is 69.5 cm³/mol. The number of aromatic carboxylic acids is 1. The van der Waals surface area contributed by atoms with Crippen LogP contribution >= 0.6 is 24.0 Å². The molecule has 1 aromatic carbocycles. The molecule has 16 heavy (non-hydrogen) atoms. The number of anilines is 1. The van der Waals surface area contributed by atoms with Crippen LogP contribution in [-0.4, -0.2) is 27.0 Å². The number of carboxylic acids is 1. The summed E-state index contributed by atoms with van der Waals surface area (Å²) in [7, 11) is 0. The Bertz CT molecular complexity index is 485. The van der Waals surface area contributed by atoms with Crippen molar-refractivity contribution in [2.24, 2.45) is 4.99 Å². The summed E-state index contributed by atoms with van der Waals surface area (Å²) >= 11 is 6.41. The predicted octanol–water partition coefficient (Wildman–Crippen LogP) is 2.23. The summed E-state index contributed by atoms with van der Waals surface area (Å²) in [6.07, 6.45) is 0. The first kappa shape index (κ1) is 11.1. The first-order valence-corrected chi connectivity index (χ1v) is 5.89. The highest BCUT2D eigenvalue weighted by Gasteiger charge is 2.12. The van der Waals surface area contributed by atoms with Crippen LogP contribution in [0.3, 0.4) is 0 Å². The van der Waals surface area contributed by atoms with E-state index in [-0.39, 0.29) is 5.56 Å². The Hall–Kier alpha value is -1.40. The molecule has 6 heteroatoms. The number of nitrogens with zero attached hydrogens (tertiary/aromatic N) is 1. The maximum atomic E-state index is 10.8. The van der Waals surface area contributed by atoms with Crippen LogP contribution in [0, 0.1) is 0 Å². The Kier molecular flexibility index (Phi) is 3.21. The van der Waals surface area contributed by atoms with Gasteiger partial charge in [-0.1, -0.05) is 30.0 Å². The molecule has 1 aliphatic heterocycles. The number of hydrogen-bond donors (Lipinski definition) is 2. The number of thioether (sulfide) groups is 1. The summed E-state index contributed by atoms with van der Waals surface area (Å²) in [5.41, 5.74) is 0.961. The van der Waals surface area contributed by atoms with Crippen LogP contribution in [0.4, 0.5) is 5.69 Å². The van der Waals surface area contributed by atoms with E-state index in [4.69, 9.17) is 17.3 Å². The molecule has 0 unspecified atom stereocenters.